The highest BCUT2D eigenvalue weighted by Crippen LogP contribution is 2.04. The molecule has 0 saturated heterocycles. The van der Waals surface area contributed by atoms with Gasteiger partial charge in [0, 0.05) is 20.3 Å². The van der Waals surface area contributed by atoms with Crippen LogP contribution < -0.4 is 0 Å². The Bertz CT molecular complexity index is 226. The molecule has 0 saturated carbocycles. The first-order valence-corrected chi connectivity index (χ1v) is 4.24. The molecule has 0 unspecified atom stereocenters. The average molecular weight is 190 g/mol. The highest BCUT2D eigenvalue weighted by atomic mass is 35.5. The Labute approximate surface area is 76.5 Å². The van der Waals surface area contributed by atoms with Crippen molar-refractivity contribution in [3.8, 4) is 0 Å². The SMILES string of the molecule is COCCCCn1cnnc1Cl. The van der Waals surface area contributed by atoms with Crippen molar-refractivity contribution in [1.29, 1.82) is 0 Å². The van der Waals surface area contributed by atoms with Crippen LogP contribution in [0.25, 0.3) is 0 Å². The molecule has 1 heterocycles. The van der Waals surface area contributed by atoms with Crippen molar-refractivity contribution >= 4 is 11.6 Å². The van der Waals surface area contributed by atoms with Gasteiger partial charge in [0.2, 0.25) is 5.28 Å². The third-order valence-corrected chi connectivity index (χ3v) is 1.86. The summed E-state index contributed by atoms with van der Waals surface area (Å²) in [6, 6.07) is 0. The van der Waals surface area contributed by atoms with Crippen molar-refractivity contribution in [2.75, 3.05) is 13.7 Å². The molecule has 1 rings (SSSR count). The number of unbranched alkanes of at least 4 members (excludes halogenated alkanes) is 1. The molecular weight excluding hydrogens is 178 g/mol. The molecule has 0 aliphatic carbocycles. The van der Waals surface area contributed by atoms with Crippen LogP contribution in [-0.2, 0) is 11.3 Å². The lowest BCUT2D eigenvalue weighted by Crippen LogP contribution is -1.98. The van der Waals surface area contributed by atoms with E-state index in [-0.39, 0.29) is 0 Å². The van der Waals surface area contributed by atoms with E-state index in [9.17, 15) is 0 Å². The summed E-state index contributed by atoms with van der Waals surface area (Å²) in [7, 11) is 1.70. The van der Waals surface area contributed by atoms with Crippen molar-refractivity contribution in [3.63, 3.8) is 0 Å². The maximum absolute atomic E-state index is 5.71. The predicted octanol–water partition coefficient (Wildman–Crippen LogP) is 1.36. The lowest BCUT2D eigenvalue weighted by Gasteiger charge is -2.01. The fraction of sp³-hybridized carbons (Fsp3) is 0.714. The minimum Gasteiger partial charge on any atom is -0.385 e. The van der Waals surface area contributed by atoms with E-state index in [1.807, 2.05) is 4.57 Å². The zero-order valence-corrected chi connectivity index (χ0v) is 7.79. The number of aryl methyl sites for hydroxylation is 1. The largest absolute Gasteiger partial charge is 0.385 e. The van der Waals surface area contributed by atoms with Gasteiger partial charge in [0.05, 0.1) is 0 Å². The minimum absolute atomic E-state index is 0.451. The lowest BCUT2D eigenvalue weighted by molar-refractivity contribution is 0.191. The molecule has 0 aliphatic rings. The number of methoxy groups -OCH3 is 1. The van der Waals surface area contributed by atoms with Gasteiger partial charge in [-0.1, -0.05) is 0 Å². The second-order valence-electron chi connectivity index (χ2n) is 2.49. The zero-order valence-electron chi connectivity index (χ0n) is 7.03. The summed E-state index contributed by atoms with van der Waals surface area (Å²) in [5.74, 6) is 0. The molecular formula is C7H12ClN3O. The Morgan fingerprint density at radius 1 is 1.58 bits per heavy atom. The van der Waals surface area contributed by atoms with Gasteiger partial charge in [-0.2, -0.15) is 0 Å². The van der Waals surface area contributed by atoms with Crippen LogP contribution in [0.5, 0.6) is 0 Å². The van der Waals surface area contributed by atoms with E-state index in [1.165, 1.54) is 0 Å². The van der Waals surface area contributed by atoms with Crippen LogP contribution in [-0.4, -0.2) is 28.5 Å². The maximum atomic E-state index is 5.71. The summed E-state index contributed by atoms with van der Waals surface area (Å²) >= 11 is 5.71. The zero-order chi connectivity index (χ0) is 8.81. The number of ether oxygens (including phenoxy) is 1. The number of hydrogen-bond acceptors (Lipinski definition) is 3. The standard InChI is InChI=1S/C7H12ClN3O/c1-12-5-3-2-4-11-6-9-10-7(11)8/h6H,2-5H2,1H3. The van der Waals surface area contributed by atoms with Crippen LogP contribution >= 0.6 is 11.6 Å². The second-order valence-corrected chi connectivity index (χ2v) is 2.83. The molecule has 0 fully saturated rings. The molecule has 5 heteroatoms. The van der Waals surface area contributed by atoms with Gasteiger partial charge in [-0.3, -0.25) is 0 Å². The van der Waals surface area contributed by atoms with Gasteiger partial charge in [0.1, 0.15) is 6.33 Å². The first kappa shape index (κ1) is 9.48. The van der Waals surface area contributed by atoms with Crippen molar-refractivity contribution in [2.24, 2.45) is 0 Å². The van der Waals surface area contributed by atoms with E-state index in [1.54, 1.807) is 13.4 Å². The van der Waals surface area contributed by atoms with Crippen LogP contribution in [0.4, 0.5) is 0 Å². The highest BCUT2D eigenvalue weighted by molar-refractivity contribution is 6.28. The van der Waals surface area contributed by atoms with E-state index in [2.05, 4.69) is 10.2 Å². The van der Waals surface area contributed by atoms with Gasteiger partial charge in [-0.25, -0.2) is 0 Å². The van der Waals surface area contributed by atoms with Crippen molar-refractivity contribution < 1.29 is 4.74 Å². The number of halogens is 1. The van der Waals surface area contributed by atoms with E-state index < -0.39 is 0 Å². The number of hydrogen-bond donors (Lipinski definition) is 0. The van der Waals surface area contributed by atoms with Crippen LogP contribution in [0.15, 0.2) is 6.33 Å². The van der Waals surface area contributed by atoms with Crippen LogP contribution in [0, 0.1) is 0 Å². The van der Waals surface area contributed by atoms with Crippen LogP contribution in [0.3, 0.4) is 0 Å². The smallest absolute Gasteiger partial charge is 0.224 e. The van der Waals surface area contributed by atoms with Crippen molar-refractivity contribution in [3.05, 3.63) is 11.6 Å². The molecule has 0 radical (unpaired) electrons. The highest BCUT2D eigenvalue weighted by Gasteiger charge is 1.98. The summed E-state index contributed by atoms with van der Waals surface area (Å²) in [5.41, 5.74) is 0. The molecule has 0 atom stereocenters. The topological polar surface area (TPSA) is 39.9 Å². The van der Waals surface area contributed by atoms with Crippen LogP contribution in [0.2, 0.25) is 5.28 Å². The molecule has 1 aromatic heterocycles. The molecule has 1 aromatic rings. The normalized spacial score (nSPS) is 10.5. The van der Waals surface area contributed by atoms with Gasteiger partial charge in [-0.05, 0) is 24.4 Å². The summed E-state index contributed by atoms with van der Waals surface area (Å²) in [6.45, 7) is 1.65. The molecule has 0 spiro atoms. The van der Waals surface area contributed by atoms with Gasteiger partial charge in [0.25, 0.3) is 0 Å². The summed E-state index contributed by atoms with van der Waals surface area (Å²) in [4.78, 5) is 0. The fourth-order valence-electron chi connectivity index (χ4n) is 0.919. The molecule has 12 heavy (non-hydrogen) atoms. The van der Waals surface area contributed by atoms with Crippen molar-refractivity contribution in [1.82, 2.24) is 14.8 Å². The monoisotopic (exact) mass is 189 g/mol. The maximum Gasteiger partial charge on any atom is 0.224 e. The Morgan fingerprint density at radius 2 is 2.42 bits per heavy atom. The Morgan fingerprint density at radius 3 is 3.00 bits per heavy atom. The Hall–Kier alpha value is -0.610. The number of rotatable bonds is 5. The molecule has 0 amide bonds. The first-order valence-electron chi connectivity index (χ1n) is 3.87. The van der Waals surface area contributed by atoms with Gasteiger partial charge < -0.3 is 9.30 Å². The summed E-state index contributed by atoms with van der Waals surface area (Å²) in [6.07, 6.45) is 3.70. The van der Waals surface area contributed by atoms with E-state index >= 15 is 0 Å². The summed E-state index contributed by atoms with van der Waals surface area (Å²) in [5, 5.41) is 7.78. The third kappa shape index (κ3) is 2.79. The second kappa shape index (κ2) is 5.11. The molecule has 0 bridgehead atoms. The van der Waals surface area contributed by atoms with Gasteiger partial charge >= 0.3 is 0 Å². The fourth-order valence-corrected chi connectivity index (χ4v) is 1.09. The molecule has 4 nitrogen and oxygen atoms in total. The number of nitrogens with zero attached hydrogens (tertiary/aromatic N) is 3. The van der Waals surface area contributed by atoms with Gasteiger partial charge in [-0.15, -0.1) is 10.2 Å². The predicted molar refractivity (Wildman–Crippen MR) is 46.1 cm³/mol. The average Bonchev–Trinajstić information content (AvgIpc) is 2.46. The molecule has 0 N–H and O–H groups in total. The van der Waals surface area contributed by atoms with Crippen LogP contribution in [0.1, 0.15) is 12.8 Å². The molecule has 0 aromatic carbocycles. The Kier molecular flexibility index (Phi) is 4.04. The first-order chi connectivity index (χ1) is 5.84. The van der Waals surface area contributed by atoms with Gasteiger partial charge in [0.15, 0.2) is 0 Å². The number of aromatic nitrogens is 3. The minimum atomic E-state index is 0.451. The molecule has 68 valence electrons. The van der Waals surface area contributed by atoms with E-state index in [4.69, 9.17) is 16.3 Å². The summed E-state index contributed by atoms with van der Waals surface area (Å²) < 4.78 is 6.73. The Balaban J connectivity index is 2.20. The van der Waals surface area contributed by atoms with E-state index in [0.717, 1.165) is 26.0 Å². The van der Waals surface area contributed by atoms with E-state index in [0.29, 0.717) is 5.28 Å². The molecule has 0 aliphatic heterocycles. The third-order valence-electron chi connectivity index (χ3n) is 1.57. The lowest BCUT2D eigenvalue weighted by atomic mass is 10.3. The quantitative estimate of drug-likeness (QED) is 0.657. The van der Waals surface area contributed by atoms with Crippen molar-refractivity contribution in [2.45, 2.75) is 19.4 Å².